The van der Waals surface area contributed by atoms with Crippen LogP contribution in [0.5, 0.6) is 5.75 Å². The molecule has 4 heteroatoms. The Morgan fingerprint density at radius 3 is 2.35 bits per heavy atom. The Labute approximate surface area is 119 Å². The van der Waals surface area contributed by atoms with E-state index in [4.69, 9.17) is 9.47 Å². The second-order valence-electron chi connectivity index (χ2n) is 4.38. The van der Waals surface area contributed by atoms with Gasteiger partial charge in [0.05, 0.1) is 6.61 Å². The van der Waals surface area contributed by atoms with Crippen molar-refractivity contribution < 1.29 is 19.1 Å². The van der Waals surface area contributed by atoms with Crippen LogP contribution in [0.1, 0.15) is 38.7 Å². The van der Waals surface area contributed by atoms with Gasteiger partial charge in [-0.1, -0.05) is 18.7 Å². The molecule has 1 rings (SSSR count). The molecular weight excluding hydrogens is 256 g/mol. The molecule has 4 nitrogen and oxygen atoms in total. The molecule has 108 valence electrons. The maximum atomic E-state index is 11.2. The molecule has 0 N–H and O–H groups in total. The van der Waals surface area contributed by atoms with E-state index < -0.39 is 0 Å². The minimum absolute atomic E-state index is 0.175. The van der Waals surface area contributed by atoms with Crippen LogP contribution < -0.4 is 4.74 Å². The van der Waals surface area contributed by atoms with E-state index in [1.165, 1.54) is 6.92 Å². The van der Waals surface area contributed by atoms with Crippen molar-refractivity contribution in [3.05, 3.63) is 36.4 Å². The molecule has 0 aliphatic rings. The summed E-state index contributed by atoms with van der Waals surface area (Å²) in [6, 6.07) is 7.16. The maximum absolute atomic E-state index is 11.2. The second kappa shape index (κ2) is 8.15. The predicted octanol–water partition coefficient (Wildman–Crippen LogP) is 3.36. The first-order valence-corrected chi connectivity index (χ1v) is 6.65. The Hall–Kier alpha value is -2.10. The highest BCUT2D eigenvalue weighted by atomic mass is 16.5. The fraction of sp³-hybridized carbons (Fsp3) is 0.375. The third kappa shape index (κ3) is 5.69. The minimum Gasteiger partial charge on any atom is -0.466 e. The highest BCUT2D eigenvalue weighted by molar-refractivity contribution is 5.71. The third-order valence-corrected chi connectivity index (χ3v) is 2.69. The van der Waals surface area contributed by atoms with E-state index in [9.17, 15) is 9.59 Å². The monoisotopic (exact) mass is 276 g/mol. The van der Waals surface area contributed by atoms with Crippen LogP contribution in [0.2, 0.25) is 0 Å². The quantitative estimate of drug-likeness (QED) is 0.566. The molecule has 0 fully saturated rings. The molecule has 0 heterocycles. The average Bonchev–Trinajstić information content (AvgIpc) is 2.39. The van der Waals surface area contributed by atoms with Crippen LogP contribution in [0, 0.1) is 0 Å². The van der Waals surface area contributed by atoms with E-state index in [1.54, 1.807) is 19.1 Å². The smallest absolute Gasteiger partial charge is 0.308 e. The van der Waals surface area contributed by atoms with Gasteiger partial charge < -0.3 is 9.47 Å². The molecule has 0 bridgehead atoms. The number of esters is 2. The minimum atomic E-state index is -0.342. The van der Waals surface area contributed by atoms with Crippen LogP contribution >= 0.6 is 0 Å². The van der Waals surface area contributed by atoms with Crippen LogP contribution in [0.3, 0.4) is 0 Å². The van der Waals surface area contributed by atoms with Gasteiger partial charge in [-0.15, -0.1) is 0 Å². The van der Waals surface area contributed by atoms with Crippen molar-refractivity contribution in [1.82, 2.24) is 0 Å². The normalized spacial score (nSPS) is 9.90. The molecule has 0 aliphatic carbocycles. The Morgan fingerprint density at radius 1 is 1.15 bits per heavy atom. The molecule has 0 atom stereocenters. The SMILES string of the molecule is C=C(CCCC(=O)OCC)c1ccc(OC(C)=O)cc1. The summed E-state index contributed by atoms with van der Waals surface area (Å²) >= 11 is 0. The molecule has 0 unspecified atom stereocenters. The van der Waals surface area contributed by atoms with Crippen LogP contribution in [-0.2, 0) is 14.3 Å². The number of carbonyl (C=O) groups excluding carboxylic acids is 2. The molecule has 0 aromatic heterocycles. The number of allylic oxidation sites excluding steroid dienone is 1. The molecule has 0 radical (unpaired) electrons. The topological polar surface area (TPSA) is 52.6 Å². The van der Waals surface area contributed by atoms with Gasteiger partial charge in [-0.05, 0) is 43.0 Å². The summed E-state index contributed by atoms with van der Waals surface area (Å²) in [7, 11) is 0. The summed E-state index contributed by atoms with van der Waals surface area (Å²) in [5.41, 5.74) is 1.92. The third-order valence-electron chi connectivity index (χ3n) is 2.69. The number of hydrogen-bond acceptors (Lipinski definition) is 4. The standard InChI is InChI=1S/C16H20O4/c1-4-19-16(18)7-5-6-12(2)14-8-10-15(11-9-14)20-13(3)17/h8-11H,2,4-7H2,1,3H3. The van der Waals surface area contributed by atoms with Crippen LogP contribution in [0.4, 0.5) is 0 Å². The van der Waals surface area contributed by atoms with Crippen LogP contribution in [-0.4, -0.2) is 18.5 Å². The van der Waals surface area contributed by atoms with E-state index in [0.29, 0.717) is 25.2 Å². The van der Waals surface area contributed by atoms with Crippen molar-refractivity contribution in [1.29, 1.82) is 0 Å². The van der Waals surface area contributed by atoms with Gasteiger partial charge in [0.2, 0.25) is 0 Å². The zero-order valence-corrected chi connectivity index (χ0v) is 12.0. The number of ether oxygens (including phenoxy) is 2. The number of hydrogen-bond donors (Lipinski definition) is 0. The Balaban J connectivity index is 2.43. The van der Waals surface area contributed by atoms with E-state index in [2.05, 4.69) is 6.58 Å². The lowest BCUT2D eigenvalue weighted by Gasteiger charge is -2.07. The fourth-order valence-corrected chi connectivity index (χ4v) is 1.75. The second-order valence-corrected chi connectivity index (χ2v) is 4.38. The predicted molar refractivity (Wildman–Crippen MR) is 77.3 cm³/mol. The lowest BCUT2D eigenvalue weighted by Crippen LogP contribution is -2.03. The molecule has 0 saturated heterocycles. The lowest BCUT2D eigenvalue weighted by atomic mass is 10.0. The van der Waals surface area contributed by atoms with E-state index in [0.717, 1.165) is 17.6 Å². The van der Waals surface area contributed by atoms with Gasteiger partial charge in [0, 0.05) is 13.3 Å². The number of rotatable bonds is 7. The van der Waals surface area contributed by atoms with Crippen molar-refractivity contribution in [2.24, 2.45) is 0 Å². The van der Waals surface area contributed by atoms with Gasteiger partial charge in [-0.3, -0.25) is 9.59 Å². The van der Waals surface area contributed by atoms with Crippen molar-refractivity contribution >= 4 is 17.5 Å². The van der Waals surface area contributed by atoms with Gasteiger partial charge >= 0.3 is 11.9 Å². The first-order valence-electron chi connectivity index (χ1n) is 6.65. The van der Waals surface area contributed by atoms with Gasteiger partial charge in [0.25, 0.3) is 0 Å². The van der Waals surface area contributed by atoms with Crippen molar-refractivity contribution in [3.63, 3.8) is 0 Å². The summed E-state index contributed by atoms with van der Waals surface area (Å²) in [5.74, 6) is -0.00269. The van der Waals surface area contributed by atoms with Crippen molar-refractivity contribution in [2.75, 3.05) is 6.61 Å². The first kappa shape index (κ1) is 16.0. The summed E-state index contributed by atoms with van der Waals surface area (Å²) in [6.45, 7) is 7.57. The summed E-state index contributed by atoms with van der Waals surface area (Å²) in [4.78, 5) is 22.0. The lowest BCUT2D eigenvalue weighted by molar-refractivity contribution is -0.143. The largest absolute Gasteiger partial charge is 0.466 e. The molecule has 1 aromatic rings. The van der Waals surface area contributed by atoms with Gasteiger partial charge in [-0.2, -0.15) is 0 Å². The first-order chi connectivity index (χ1) is 9.52. The highest BCUT2D eigenvalue weighted by Crippen LogP contribution is 2.21. The average molecular weight is 276 g/mol. The molecule has 0 amide bonds. The van der Waals surface area contributed by atoms with Crippen LogP contribution in [0.15, 0.2) is 30.8 Å². The maximum Gasteiger partial charge on any atom is 0.308 e. The van der Waals surface area contributed by atoms with Crippen molar-refractivity contribution in [2.45, 2.75) is 33.1 Å². The number of carbonyl (C=O) groups is 2. The summed E-state index contributed by atoms with van der Waals surface area (Å²) in [6.07, 6.45) is 1.84. The molecule has 1 aromatic carbocycles. The summed E-state index contributed by atoms with van der Waals surface area (Å²) < 4.78 is 9.82. The zero-order valence-electron chi connectivity index (χ0n) is 12.0. The van der Waals surface area contributed by atoms with Crippen LogP contribution in [0.25, 0.3) is 5.57 Å². The Bertz CT molecular complexity index is 474. The molecular formula is C16H20O4. The van der Waals surface area contributed by atoms with Gasteiger partial charge in [0.15, 0.2) is 0 Å². The Kier molecular flexibility index (Phi) is 6.50. The molecule has 0 aliphatic heterocycles. The van der Waals surface area contributed by atoms with E-state index in [-0.39, 0.29) is 11.9 Å². The Morgan fingerprint density at radius 2 is 1.80 bits per heavy atom. The zero-order chi connectivity index (χ0) is 15.0. The molecule has 20 heavy (non-hydrogen) atoms. The fourth-order valence-electron chi connectivity index (χ4n) is 1.75. The molecule has 0 saturated carbocycles. The van der Waals surface area contributed by atoms with Gasteiger partial charge in [-0.25, -0.2) is 0 Å². The highest BCUT2D eigenvalue weighted by Gasteiger charge is 2.05. The summed E-state index contributed by atoms with van der Waals surface area (Å²) in [5, 5.41) is 0. The van der Waals surface area contributed by atoms with Crippen molar-refractivity contribution in [3.8, 4) is 5.75 Å². The number of benzene rings is 1. The van der Waals surface area contributed by atoms with Gasteiger partial charge in [0.1, 0.15) is 5.75 Å². The van der Waals surface area contributed by atoms with E-state index >= 15 is 0 Å². The van der Waals surface area contributed by atoms with E-state index in [1.807, 2.05) is 12.1 Å². The molecule has 0 spiro atoms.